The van der Waals surface area contributed by atoms with Crippen LogP contribution < -0.4 is 0 Å². The van der Waals surface area contributed by atoms with Crippen LogP contribution in [0.3, 0.4) is 0 Å². The molecule has 0 fully saturated rings. The van der Waals surface area contributed by atoms with E-state index in [-0.39, 0.29) is 12.3 Å². The molecule has 1 N–H and O–H groups in total. The fraction of sp³-hybridized carbons (Fsp3) is 0.417. The highest BCUT2D eigenvalue weighted by atomic mass is 32.1. The summed E-state index contributed by atoms with van der Waals surface area (Å²) in [6.07, 6.45) is 3.48. The molecule has 0 saturated heterocycles. The monoisotopic (exact) mass is 266 g/mol. The fourth-order valence-electron chi connectivity index (χ4n) is 1.97. The van der Waals surface area contributed by atoms with Gasteiger partial charge in [-0.05, 0) is 13.8 Å². The summed E-state index contributed by atoms with van der Waals surface area (Å²) in [7, 11) is 0. The number of rotatable bonds is 3. The Morgan fingerprint density at radius 1 is 1.56 bits per heavy atom. The van der Waals surface area contributed by atoms with Crippen LogP contribution in [0.4, 0.5) is 0 Å². The molecule has 2 heterocycles. The second-order valence-corrected chi connectivity index (χ2v) is 5.46. The van der Waals surface area contributed by atoms with Crippen LogP contribution in [0.2, 0.25) is 0 Å². The zero-order chi connectivity index (χ0) is 13.3. The lowest BCUT2D eigenvalue weighted by Crippen LogP contribution is -2.41. The van der Waals surface area contributed by atoms with Crippen molar-refractivity contribution in [2.75, 3.05) is 6.54 Å². The normalized spacial score (nSPS) is 18.3. The average molecular weight is 266 g/mol. The highest BCUT2D eigenvalue weighted by molar-refractivity contribution is 7.11. The molecule has 96 valence electrons. The van der Waals surface area contributed by atoms with Crippen LogP contribution in [0.5, 0.6) is 0 Å². The largest absolute Gasteiger partial charge is 0.479 e. The molecule has 1 amide bonds. The van der Waals surface area contributed by atoms with Crippen molar-refractivity contribution in [1.82, 2.24) is 9.88 Å². The molecule has 0 saturated carbocycles. The topological polar surface area (TPSA) is 70.5 Å². The van der Waals surface area contributed by atoms with E-state index in [2.05, 4.69) is 4.98 Å². The molecule has 1 atom stereocenters. The molecule has 1 aliphatic heterocycles. The molecule has 2 rings (SSSR count). The number of nitrogens with zero attached hydrogens (tertiary/aromatic N) is 2. The molecule has 1 aromatic heterocycles. The van der Waals surface area contributed by atoms with Crippen molar-refractivity contribution in [3.05, 3.63) is 27.7 Å². The van der Waals surface area contributed by atoms with Gasteiger partial charge in [0.2, 0.25) is 5.91 Å². The summed E-state index contributed by atoms with van der Waals surface area (Å²) in [5.41, 5.74) is 0.852. The van der Waals surface area contributed by atoms with Crippen molar-refractivity contribution in [3.63, 3.8) is 0 Å². The van der Waals surface area contributed by atoms with E-state index >= 15 is 0 Å². The van der Waals surface area contributed by atoms with E-state index in [0.717, 1.165) is 15.6 Å². The molecule has 0 aliphatic carbocycles. The molecule has 0 unspecified atom stereocenters. The van der Waals surface area contributed by atoms with Gasteiger partial charge in [0, 0.05) is 11.4 Å². The van der Waals surface area contributed by atoms with Gasteiger partial charge in [0.25, 0.3) is 0 Å². The third kappa shape index (κ3) is 2.43. The van der Waals surface area contributed by atoms with Crippen LogP contribution in [0.25, 0.3) is 0 Å². The average Bonchev–Trinajstić information content (AvgIpc) is 2.86. The van der Waals surface area contributed by atoms with Crippen molar-refractivity contribution in [2.45, 2.75) is 26.3 Å². The second kappa shape index (κ2) is 4.89. The molecule has 6 heteroatoms. The van der Waals surface area contributed by atoms with Gasteiger partial charge in [-0.25, -0.2) is 9.78 Å². The van der Waals surface area contributed by atoms with E-state index < -0.39 is 12.0 Å². The van der Waals surface area contributed by atoms with E-state index in [9.17, 15) is 9.59 Å². The molecule has 0 spiro atoms. The first-order valence-electron chi connectivity index (χ1n) is 5.61. The van der Waals surface area contributed by atoms with Crippen molar-refractivity contribution in [3.8, 4) is 0 Å². The van der Waals surface area contributed by atoms with Gasteiger partial charge in [-0.3, -0.25) is 4.79 Å². The molecule has 1 aliphatic rings. The molecule has 0 radical (unpaired) electrons. The van der Waals surface area contributed by atoms with E-state index in [1.54, 1.807) is 12.2 Å². The lowest BCUT2D eigenvalue weighted by molar-refractivity contribution is -0.146. The Morgan fingerprint density at radius 3 is 2.83 bits per heavy atom. The Morgan fingerprint density at radius 2 is 2.28 bits per heavy atom. The third-order valence-electron chi connectivity index (χ3n) is 2.84. The number of carbonyl (C=O) groups excluding carboxylic acids is 1. The number of amides is 1. The first-order valence-corrected chi connectivity index (χ1v) is 6.42. The highest BCUT2D eigenvalue weighted by Gasteiger charge is 2.30. The van der Waals surface area contributed by atoms with Crippen LogP contribution in [0, 0.1) is 13.8 Å². The maximum atomic E-state index is 12.1. The van der Waals surface area contributed by atoms with Crippen molar-refractivity contribution >= 4 is 23.2 Å². The third-order valence-corrected chi connectivity index (χ3v) is 3.91. The number of aryl methyl sites for hydroxylation is 2. The molecule has 18 heavy (non-hydrogen) atoms. The zero-order valence-electron chi connectivity index (χ0n) is 10.2. The number of carboxylic acids is 1. The maximum absolute atomic E-state index is 12.1. The number of carboxylic acid groups (broad SMARTS) is 1. The number of hydrogen-bond acceptors (Lipinski definition) is 4. The zero-order valence-corrected chi connectivity index (χ0v) is 11.0. The SMILES string of the molecule is Cc1nc(C)c(CC(=O)N2CC=C[C@H]2C(=O)O)s1. The lowest BCUT2D eigenvalue weighted by Gasteiger charge is -2.21. The molecule has 0 aromatic carbocycles. The minimum Gasteiger partial charge on any atom is -0.479 e. The Balaban J connectivity index is 2.09. The first kappa shape index (κ1) is 12.8. The van der Waals surface area contributed by atoms with Crippen molar-refractivity contribution in [2.24, 2.45) is 0 Å². The summed E-state index contributed by atoms with van der Waals surface area (Å²) in [5.74, 6) is -1.16. The van der Waals surface area contributed by atoms with Crippen molar-refractivity contribution < 1.29 is 14.7 Å². The summed E-state index contributed by atoms with van der Waals surface area (Å²) < 4.78 is 0. The van der Waals surface area contributed by atoms with Gasteiger partial charge in [0.15, 0.2) is 0 Å². The predicted molar refractivity (Wildman–Crippen MR) is 67.6 cm³/mol. The van der Waals surface area contributed by atoms with Gasteiger partial charge >= 0.3 is 5.97 Å². The summed E-state index contributed by atoms with van der Waals surface area (Å²) in [6.45, 7) is 4.12. The van der Waals surface area contributed by atoms with E-state index in [0.29, 0.717) is 6.54 Å². The number of aromatic nitrogens is 1. The van der Waals surface area contributed by atoms with Gasteiger partial charge in [0.05, 0.1) is 17.1 Å². The van der Waals surface area contributed by atoms with Crippen LogP contribution in [-0.2, 0) is 16.0 Å². The number of hydrogen-bond donors (Lipinski definition) is 1. The quantitative estimate of drug-likeness (QED) is 0.833. The summed E-state index contributed by atoms with van der Waals surface area (Å²) in [4.78, 5) is 29.6. The molecular formula is C12H14N2O3S. The summed E-state index contributed by atoms with van der Waals surface area (Å²) in [5, 5.41) is 9.92. The minimum atomic E-state index is -0.991. The van der Waals surface area contributed by atoms with E-state index in [1.807, 2.05) is 13.8 Å². The highest BCUT2D eigenvalue weighted by Crippen LogP contribution is 2.20. The number of aliphatic carboxylic acids is 1. The Hall–Kier alpha value is -1.69. The van der Waals surface area contributed by atoms with Crippen molar-refractivity contribution in [1.29, 1.82) is 0 Å². The van der Waals surface area contributed by atoms with Gasteiger partial charge in [-0.15, -0.1) is 11.3 Å². The fourth-order valence-corrected chi connectivity index (χ4v) is 2.90. The van der Waals surface area contributed by atoms with Gasteiger partial charge in [-0.2, -0.15) is 0 Å². The molecule has 5 nitrogen and oxygen atoms in total. The molecule has 0 bridgehead atoms. The predicted octanol–water partition coefficient (Wildman–Crippen LogP) is 1.15. The summed E-state index contributed by atoms with van der Waals surface area (Å²) in [6, 6.07) is -0.827. The molecular weight excluding hydrogens is 252 g/mol. The van der Waals surface area contributed by atoms with Gasteiger partial charge in [0.1, 0.15) is 6.04 Å². The van der Waals surface area contributed by atoms with Gasteiger partial charge in [-0.1, -0.05) is 12.2 Å². The Bertz CT molecular complexity index is 521. The smallest absolute Gasteiger partial charge is 0.330 e. The number of thiazole rings is 1. The summed E-state index contributed by atoms with van der Waals surface area (Å²) >= 11 is 1.48. The Labute approximate surface area is 109 Å². The Kier molecular flexibility index (Phi) is 3.47. The van der Waals surface area contributed by atoms with Crippen LogP contribution in [0.1, 0.15) is 15.6 Å². The van der Waals surface area contributed by atoms with Crippen LogP contribution >= 0.6 is 11.3 Å². The van der Waals surface area contributed by atoms with Crippen LogP contribution in [-0.4, -0.2) is 39.5 Å². The lowest BCUT2D eigenvalue weighted by atomic mass is 10.2. The molecule has 1 aromatic rings. The first-order chi connectivity index (χ1) is 8.49. The standard InChI is InChI=1S/C12H14N2O3S/c1-7-10(18-8(2)13-7)6-11(15)14-5-3-4-9(14)12(16)17/h3-4,9H,5-6H2,1-2H3,(H,16,17)/t9-/m0/s1. The second-order valence-electron chi connectivity index (χ2n) is 4.18. The number of carbonyl (C=O) groups is 2. The van der Waals surface area contributed by atoms with Crippen LogP contribution in [0.15, 0.2) is 12.2 Å². The minimum absolute atomic E-state index is 0.167. The maximum Gasteiger partial charge on any atom is 0.330 e. The van der Waals surface area contributed by atoms with E-state index in [4.69, 9.17) is 5.11 Å². The van der Waals surface area contributed by atoms with E-state index in [1.165, 1.54) is 16.2 Å². The van der Waals surface area contributed by atoms with Gasteiger partial charge < -0.3 is 10.0 Å².